The van der Waals surface area contributed by atoms with E-state index in [4.69, 9.17) is 5.73 Å². The number of anilines is 1. The van der Waals surface area contributed by atoms with Crippen molar-refractivity contribution in [3.63, 3.8) is 0 Å². The van der Waals surface area contributed by atoms with Crippen molar-refractivity contribution in [1.82, 2.24) is 14.8 Å². The van der Waals surface area contributed by atoms with Crippen LogP contribution in [-0.2, 0) is 6.18 Å². The highest BCUT2D eigenvalue weighted by Crippen LogP contribution is 2.28. The molecule has 7 heteroatoms. The van der Waals surface area contributed by atoms with Gasteiger partial charge in [0, 0.05) is 12.3 Å². The molecule has 84 valence electrons. The van der Waals surface area contributed by atoms with Crippen LogP contribution in [0.3, 0.4) is 0 Å². The van der Waals surface area contributed by atoms with Crippen molar-refractivity contribution in [1.29, 1.82) is 0 Å². The first kappa shape index (κ1) is 10.5. The minimum Gasteiger partial charge on any atom is -0.384 e. The van der Waals surface area contributed by atoms with Gasteiger partial charge in [0.25, 0.3) is 0 Å². The maximum absolute atomic E-state index is 12.3. The van der Waals surface area contributed by atoms with Gasteiger partial charge in [-0.1, -0.05) is 0 Å². The van der Waals surface area contributed by atoms with E-state index < -0.39 is 11.7 Å². The molecule has 0 aliphatic heterocycles. The Morgan fingerprint density at radius 1 is 1.19 bits per heavy atom. The van der Waals surface area contributed by atoms with Crippen molar-refractivity contribution in [3.05, 3.63) is 36.2 Å². The summed E-state index contributed by atoms with van der Waals surface area (Å²) in [5.74, 6) is 0.558. The Hall–Kier alpha value is -2.05. The van der Waals surface area contributed by atoms with Gasteiger partial charge in [0.15, 0.2) is 5.82 Å². The first-order valence-corrected chi connectivity index (χ1v) is 4.31. The molecular weight excluding hydrogens is 221 g/mol. The molecule has 0 amide bonds. The van der Waals surface area contributed by atoms with Gasteiger partial charge in [-0.05, 0) is 12.1 Å². The van der Waals surface area contributed by atoms with Crippen LogP contribution in [-0.4, -0.2) is 14.8 Å². The molecule has 0 atom stereocenters. The summed E-state index contributed by atoms with van der Waals surface area (Å²) < 4.78 is 38.0. The van der Waals surface area contributed by atoms with Crippen molar-refractivity contribution >= 4 is 5.82 Å². The highest BCUT2D eigenvalue weighted by Gasteiger charge is 2.30. The van der Waals surface area contributed by atoms with E-state index in [1.54, 1.807) is 0 Å². The first-order chi connectivity index (χ1) is 7.48. The number of nitrogen functional groups attached to an aromatic ring is 1. The zero-order valence-electron chi connectivity index (χ0n) is 7.94. The molecule has 2 aromatic heterocycles. The van der Waals surface area contributed by atoms with Gasteiger partial charge < -0.3 is 5.73 Å². The Morgan fingerprint density at radius 2 is 1.94 bits per heavy atom. The number of halogens is 3. The molecule has 0 saturated heterocycles. The van der Waals surface area contributed by atoms with E-state index in [1.165, 1.54) is 23.0 Å². The number of alkyl halides is 3. The van der Waals surface area contributed by atoms with Gasteiger partial charge >= 0.3 is 6.18 Å². The lowest BCUT2D eigenvalue weighted by atomic mass is 10.3. The quantitative estimate of drug-likeness (QED) is 0.810. The number of nitrogens with two attached hydrogens (primary N) is 1. The molecule has 4 nitrogen and oxygen atoms in total. The third-order valence-electron chi connectivity index (χ3n) is 1.96. The van der Waals surface area contributed by atoms with E-state index in [9.17, 15) is 13.2 Å². The SMILES string of the molecule is Nc1ccnn1-c1ccc(C(F)(F)F)cn1. The molecule has 2 heterocycles. The first-order valence-electron chi connectivity index (χ1n) is 4.31. The highest BCUT2D eigenvalue weighted by atomic mass is 19.4. The molecule has 2 N–H and O–H groups in total. The van der Waals surface area contributed by atoms with Gasteiger partial charge in [-0.15, -0.1) is 0 Å². The minimum absolute atomic E-state index is 0.246. The van der Waals surface area contributed by atoms with E-state index in [0.29, 0.717) is 5.82 Å². The standard InChI is InChI=1S/C9H7F3N4/c10-9(11,12)6-1-2-8(14-5-6)16-7(13)3-4-15-16/h1-5H,13H2. The van der Waals surface area contributed by atoms with Crippen LogP contribution in [0.5, 0.6) is 0 Å². The lowest BCUT2D eigenvalue weighted by molar-refractivity contribution is -0.137. The second-order valence-electron chi connectivity index (χ2n) is 3.07. The predicted octanol–water partition coefficient (Wildman–Crippen LogP) is 1.87. The molecule has 0 aromatic carbocycles. The monoisotopic (exact) mass is 228 g/mol. The molecule has 0 unspecified atom stereocenters. The summed E-state index contributed by atoms with van der Waals surface area (Å²) in [7, 11) is 0. The smallest absolute Gasteiger partial charge is 0.384 e. The normalized spacial score (nSPS) is 11.7. The molecule has 2 aromatic rings. The van der Waals surface area contributed by atoms with E-state index in [2.05, 4.69) is 10.1 Å². The molecule has 16 heavy (non-hydrogen) atoms. The summed E-state index contributed by atoms with van der Waals surface area (Å²) in [6.45, 7) is 0. The van der Waals surface area contributed by atoms with Crippen LogP contribution in [0.4, 0.5) is 19.0 Å². The molecular formula is C9H7F3N4. The lowest BCUT2D eigenvalue weighted by Crippen LogP contribution is -2.08. The predicted molar refractivity (Wildman–Crippen MR) is 50.8 cm³/mol. The molecule has 0 fully saturated rings. The van der Waals surface area contributed by atoms with Gasteiger partial charge in [0.2, 0.25) is 0 Å². The lowest BCUT2D eigenvalue weighted by Gasteiger charge is -2.07. The second kappa shape index (κ2) is 3.51. The summed E-state index contributed by atoms with van der Waals surface area (Å²) in [5.41, 5.74) is 4.73. The van der Waals surface area contributed by atoms with Gasteiger partial charge in [-0.2, -0.15) is 23.0 Å². The summed E-state index contributed by atoms with van der Waals surface area (Å²) >= 11 is 0. The molecule has 2 rings (SSSR count). The van der Waals surface area contributed by atoms with Crippen LogP contribution >= 0.6 is 0 Å². The fourth-order valence-electron chi connectivity index (χ4n) is 1.18. The van der Waals surface area contributed by atoms with Crippen molar-refractivity contribution in [2.45, 2.75) is 6.18 Å². The zero-order chi connectivity index (χ0) is 11.8. The summed E-state index contributed by atoms with van der Waals surface area (Å²) in [6, 6.07) is 3.68. The summed E-state index contributed by atoms with van der Waals surface area (Å²) in [4.78, 5) is 3.65. The van der Waals surface area contributed by atoms with Crippen LogP contribution in [0.15, 0.2) is 30.6 Å². The fraction of sp³-hybridized carbons (Fsp3) is 0.111. The van der Waals surface area contributed by atoms with Crippen LogP contribution in [0.25, 0.3) is 5.82 Å². The highest BCUT2D eigenvalue weighted by molar-refractivity contribution is 5.37. The van der Waals surface area contributed by atoms with Gasteiger partial charge in [-0.3, -0.25) is 0 Å². The molecule has 0 bridgehead atoms. The molecule has 0 saturated carbocycles. The van der Waals surface area contributed by atoms with E-state index in [-0.39, 0.29) is 5.82 Å². The van der Waals surface area contributed by atoms with Crippen LogP contribution in [0.2, 0.25) is 0 Å². The Labute approximate surface area is 88.5 Å². The third kappa shape index (κ3) is 1.83. The van der Waals surface area contributed by atoms with Crippen molar-refractivity contribution in [2.75, 3.05) is 5.73 Å². The fourth-order valence-corrected chi connectivity index (χ4v) is 1.18. The number of aromatic nitrogens is 3. The molecule has 0 radical (unpaired) electrons. The third-order valence-corrected chi connectivity index (χ3v) is 1.96. The van der Waals surface area contributed by atoms with Gasteiger partial charge in [-0.25, -0.2) is 4.98 Å². The second-order valence-corrected chi connectivity index (χ2v) is 3.07. The molecule has 0 aliphatic carbocycles. The Morgan fingerprint density at radius 3 is 2.38 bits per heavy atom. The number of hydrogen-bond acceptors (Lipinski definition) is 3. The minimum atomic E-state index is -4.39. The largest absolute Gasteiger partial charge is 0.417 e. The van der Waals surface area contributed by atoms with Crippen molar-refractivity contribution in [2.24, 2.45) is 0 Å². The number of rotatable bonds is 1. The van der Waals surface area contributed by atoms with E-state index in [0.717, 1.165) is 12.3 Å². The zero-order valence-corrected chi connectivity index (χ0v) is 7.94. The average molecular weight is 228 g/mol. The maximum Gasteiger partial charge on any atom is 0.417 e. The Kier molecular flexibility index (Phi) is 2.30. The Bertz CT molecular complexity index is 486. The van der Waals surface area contributed by atoms with Crippen LogP contribution in [0, 0.1) is 0 Å². The van der Waals surface area contributed by atoms with Crippen LogP contribution < -0.4 is 5.73 Å². The summed E-state index contributed by atoms with van der Waals surface area (Å²) in [6.07, 6.45) is -2.20. The van der Waals surface area contributed by atoms with Gasteiger partial charge in [0.05, 0.1) is 11.8 Å². The summed E-state index contributed by atoms with van der Waals surface area (Å²) in [5, 5.41) is 3.83. The Balaban J connectivity index is 2.37. The topological polar surface area (TPSA) is 56.7 Å². The number of hydrogen-bond donors (Lipinski definition) is 1. The van der Waals surface area contributed by atoms with Crippen molar-refractivity contribution in [3.8, 4) is 5.82 Å². The number of pyridine rings is 1. The van der Waals surface area contributed by atoms with Crippen LogP contribution in [0.1, 0.15) is 5.56 Å². The maximum atomic E-state index is 12.3. The molecule has 0 aliphatic rings. The van der Waals surface area contributed by atoms with E-state index >= 15 is 0 Å². The van der Waals surface area contributed by atoms with Crippen molar-refractivity contribution < 1.29 is 13.2 Å². The molecule has 0 spiro atoms. The van der Waals surface area contributed by atoms with Gasteiger partial charge in [0.1, 0.15) is 5.82 Å². The number of nitrogens with zero attached hydrogens (tertiary/aromatic N) is 3. The average Bonchev–Trinajstić information content (AvgIpc) is 2.63. The van der Waals surface area contributed by atoms with E-state index in [1.807, 2.05) is 0 Å².